The van der Waals surface area contributed by atoms with Crippen LogP contribution in [0.4, 0.5) is 11.4 Å². The number of nitrogens with zero attached hydrogens (tertiary/aromatic N) is 3. The molecule has 0 bridgehead atoms. The second-order valence-corrected chi connectivity index (χ2v) is 3.96. The Labute approximate surface area is 101 Å². The van der Waals surface area contributed by atoms with E-state index in [2.05, 4.69) is 31.2 Å². The molecule has 5 heteroatoms. The summed E-state index contributed by atoms with van der Waals surface area (Å²) in [5.74, 6) is 0.166. The van der Waals surface area contributed by atoms with E-state index in [4.69, 9.17) is 5.26 Å². The number of hydrogen-bond donors (Lipinski definition) is 1. The summed E-state index contributed by atoms with van der Waals surface area (Å²) in [5.41, 5.74) is 1.68. The lowest BCUT2D eigenvalue weighted by molar-refractivity contribution is 1.11. The lowest BCUT2D eigenvalue weighted by Gasteiger charge is -2.05. The molecular formula is C11H7BrN4. The van der Waals surface area contributed by atoms with Crippen LogP contribution in [0.25, 0.3) is 0 Å². The first-order chi connectivity index (χ1) is 7.78. The van der Waals surface area contributed by atoms with Gasteiger partial charge in [-0.2, -0.15) is 5.26 Å². The molecule has 4 nitrogen and oxygen atoms in total. The Hall–Kier alpha value is -1.93. The molecule has 0 saturated heterocycles. The predicted molar refractivity (Wildman–Crippen MR) is 64.2 cm³/mol. The maximum atomic E-state index is 8.55. The van der Waals surface area contributed by atoms with E-state index in [1.165, 1.54) is 0 Å². The van der Waals surface area contributed by atoms with Gasteiger partial charge < -0.3 is 5.32 Å². The van der Waals surface area contributed by atoms with Crippen LogP contribution in [0, 0.1) is 11.3 Å². The van der Waals surface area contributed by atoms with Crippen molar-refractivity contribution in [1.29, 1.82) is 5.26 Å². The number of nitrogens with one attached hydrogen (secondary N) is 1. The average Bonchev–Trinajstić information content (AvgIpc) is 2.30. The number of anilines is 2. The molecule has 1 heterocycles. The summed E-state index contributed by atoms with van der Waals surface area (Å²) in [6.07, 6.45) is 3.15. The molecule has 0 aliphatic carbocycles. The van der Waals surface area contributed by atoms with E-state index in [0.717, 1.165) is 15.8 Å². The Morgan fingerprint density at radius 3 is 2.56 bits per heavy atom. The Balaban J connectivity index is 2.18. The van der Waals surface area contributed by atoms with Gasteiger partial charge in [0.2, 0.25) is 5.82 Å². The third-order valence-corrected chi connectivity index (χ3v) is 2.36. The minimum atomic E-state index is 0.166. The lowest BCUT2D eigenvalue weighted by Crippen LogP contribution is -1.94. The molecule has 0 amide bonds. The summed E-state index contributed by atoms with van der Waals surface area (Å²) in [6, 6.07) is 9.62. The van der Waals surface area contributed by atoms with E-state index in [1.54, 1.807) is 12.4 Å². The zero-order valence-electron chi connectivity index (χ0n) is 8.18. The van der Waals surface area contributed by atoms with Gasteiger partial charge in [-0.3, -0.25) is 0 Å². The summed E-state index contributed by atoms with van der Waals surface area (Å²) in [5, 5.41) is 11.7. The van der Waals surface area contributed by atoms with Gasteiger partial charge >= 0.3 is 0 Å². The Morgan fingerprint density at radius 2 is 1.94 bits per heavy atom. The fraction of sp³-hybridized carbons (Fsp3) is 0. The molecule has 0 aliphatic heterocycles. The third-order valence-electron chi connectivity index (χ3n) is 1.87. The molecule has 78 valence electrons. The normalized spacial score (nSPS) is 9.50. The highest BCUT2D eigenvalue weighted by atomic mass is 79.9. The Morgan fingerprint density at radius 1 is 1.19 bits per heavy atom. The quantitative estimate of drug-likeness (QED) is 0.915. The topological polar surface area (TPSA) is 61.6 Å². The molecule has 0 spiro atoms. The van der Waals surface area contributed by atoms with Gasteiger partial charge in [-0.25, -0.2) is 9.97 Å². The van der Waals surface area contributed by atoms with Crippen molar-refractivity contribution in [1.82, 2.24) is 9.97 Å². The number of halogens is 1. The van der Waals surface area contributed by atoms with Gasteiger partial charge in [0.1, 0.15) is 6.07 Å². The van der Waals surface area contributed by atoms with Crippen molar-refractivity contribution >= 4 is 27.3 Å². The van der Waals surface area contributed by atoms with E-state index in [-0.39, 0.29) is 5.82 Å². The van der Waals surface area contributed by atoms with Crippen LogP contribution in [0.15, 0.2) is 41.1 Å². The van der Waals surface area contributed by atoms with Crippen LogP contribution < -0.4 is 5.32 Å². The monoisotopic (exact) mass is 274 g/mol. The van der Waals surface area contributed by atoms with Gasteiger partial charge in [0.05, 0.1) is 18.1 Å². The van der Waals surface area contributed by atoms with Crippen LogP contribution in [0.2, 0.25) is 0 Å². The minimum Gasteiger partial charge on any atom is -0.353 e. The predicted octanol–water partition coefficient (Wildman–Crippen LogP) is 2.85. The zero-order chi connectivity index (χ0) is 11.4. The van der Waals surface area contributed by atoms with Crippen LogP contribution >= 0.6 is 15.9 Å². The van der Waals surface area contributed by atoms with E-state index in [0.29, 0.717) is 0 Å². The molecule has 0 atom stereocenters. The van der Waals surface area contributed by atoms with E-state index in [1.807, 2.05) is 30.3 Å². The maximum Gasteiger partial charge on any atom is 0.232 e. The van der Waals surface area contributed by atoms with Gasteiger partial charge in [-0.15, -0.1) is 0 Å². The third kappa shape index (κ3) is 2.55. The fourth-order valence-electron chi connectivity index (χ4n) is 1.18. The van der Waals surface area contributed by atoms with E-state index in [9.17, 15) is 0 Å². The first-order valence-corrected chi connectivity index (χ1v) is 5.32. The molecule has 0 fully saturated rings. The summed E-state index contributed by atoms with van der Waals surface area (Å²) in [4.78, 5) is 7.74. The van der Waals surface area contributed by atoms with Crippen molar-refractivity contribution in [2.75, 3.05) is 5.32 Å². The molecule has 1 aromatic carbocycles. The molecule has 0 saturated carbocycles. The number of aromatic nitrogens is 2. The summed E-state index contributed by atoms with van der Waals surface area (Å²) in [7, 11) is 0. The molecule has 0 radical (unpaired) electrons. The first kappa shape index (κ1) is 10.6. The van der Waals surface area contributed by atoms with Gasteiger partial charge in [-0.05, 0) is 18.2 Å². The molecule has 2 aromatic rings. The van der Waals surface area contributed by atoms with Crippen molar-refractivity contribution in [3.63, 3.8) is 0 Å². The lowest BCUT2D eigenvalue weighted by atomic mass is 10.3. The second-order valence-electron chi connectivity index (χ2n) is 3.04. The van der Waals surface area contributed by atoms with Crippen LogP contribution in [0.1, 0.15) is 5.82 Å². The molecular weight excluding hydrogens is 268 g/mol. The second kappa shape index (κ2) is 4.73. The largest absolute Gasteiger partial charge is 0.353 e. The van der Waals surface area contributed by atoms with Crippen molar-refractivity contribution in [3.8, 4) is 6.07 Å². The van der Waals surface area contributed by atoms with Crippen molar-refractivity contribution < 1.29 is 0 Å². The Bertz CT molecular complexity index is 530. The molecule has 1 aromatic heterocycles. The summed E-state index contributed by atoms with van der Waals surface area (Å²) < 4.78 is 0.993. The van der Waals surface area contributed by atoms with Crippen LogP contribution in [0.3, 0.4) is 0 Å². The number of hydrogen-bond acceptors (Lipinski definition) is 4. The highest BCUT2D eigenvalue weighted by molar-refractivity contribution is 9.10. The minimum absolute atomic E-state index is 0.166. The van der Waals surface area contributed by atoms with E-state index < -0.39 is 0 Å². The highest BCUT2D eigenvalue weighted by Crippen LogP contribution is 2.19. The van der Waals surface area contributed by atoms with Gasteiger partial charge in [-0.1, -0.05) is 22.0 Å². The smallest absolute Gasteiger partial charge is 0.232 e. The molecule has 16 heavy (non-hydrogen) atoms. The van der Waals surface area contributed by atoms with Gasteiger partial charge in [0.25, 0.3) is 0 Å². The fourth-order valence-corrected chi connectivity index (χ4v) is 1.58. The molecule has 1 N–H and O–H groups in total. The van der Waals surface area contributed by atoms with Crippen LogP contribution in [-0.4, -0.2) is 9.97 Å². The molecule has 0 unspecified atom stereocenters. The highest BCUT2D eigenvalue weighted by Gasteiger charge is 1.97. The van der Waals surface area contributed by atoms with Crippen LogP contribution in [-0.2, 0) is 0 Å². The number of rotatable bonds is 2. The number of nitriles is 1. The summed E-state index contributed by atoms with van der Waals surface area (Å²) >= 11 is 3.38. The van der Waals surface area contributed by atoms with Crippen molar-refractivity contribution in [2.45, 2.75) is 0 Å². The SMILES string of the molecule is N#Cc1ncc(Nc2cccc(Br)c2)cn1. The van der Waals surface area contributed by atoms with Gasteiger partial charge in [0, 0.05) is 10.2 Å². The first-order valence-electron chi connectivity index (χ1n) is 4.52. The van der Waals surface area contributed by atoms with E-state index >= 15 is 0 Å². The maximum absolute atomic E-state index is 8.55. The standard InChI is InChI=1S/C11H7BrN4/c12-8-2-1-3-9(4-8)16-10-6-14-11(5-13)15-7-10/h1-4,6-7,16H. The van der Waals surface area contributed by atoms with Crippen molar-refractivity contribution in [2.24, 2.45) is 0 Å². The molecule has 0 aliphatic rings. The number of benzene rings is 1. The zero-order valence-corrected chi connectivity index (χ0v) is 9.77. The summed E-state index contributed by atoms with van der Waals surface area (Å²) in [6.45, 7) is 0. The van der Waals surface area contributed by atoms with Gasteiger partial charge in [0.15, 0.2) is 0 Å². The van der Waals surface area contributed by atoms with Crippen LogP contribution in [0.5, 0.6) is 0 Å². The Kier molecular flexibility index (Phi) is 3.13. The molecule has 2 rings (SSSR count). The average molecular weight is 275 g/mol. The van der Waals surface area contributed by atoms with Crippen molar-refractivity contribution in [3.05, 3.63) is 47.0 Å².